The molecule has 2 aliphatic rings. The predicted molar refractivity (Wildman–Crippen MR) is 66.9 cm³/mol. The average Bonchev–Trinajstić information content (AvgIpc) is 2.55. The molecule has 0 unspecified atom stereocenters. The van der Waals surface area contributed by atoms with Crippen LogP contribution < -0.4 is 15.2 Å². The summed E-state index contributed by atoms with van der Waals surface area (Å²) in [7, 11) is 0. The number of halogens is 1. The van der Waals surface area contributed by atoms with Crippen molar-refractivity contribution in [3.63, 3.8) is 0 Å². The Labute approximate surface area is 106 Å². The molecular weight excluding hydrogens is 238 g/mol. The van der Waals surface area contributed by atoms with Crippen molar-refractivity contribution in [1.82, 2.24) is 0 Å². The molecule has 0 aromatic heterocycles. The maximum absolute atomic E-state index is 6.31. The molecule has 0 saturated heterocycles. The van der Waals surface area contributed by atoms with Crippen LogP contribution >= 0.6 is 11.6 Å². The number of rotatable bonds is 0. The molecule has 1 aromatic carbocycles. The lowest BCUT2D eigenvalue weighted by Gasteiger charge is -2.26. The lowest BCUT2D eigenvalue weighted by Crippen LogP contribution is -2.19. The van der Waals surface area contributed by atoms with Gasteiger partial charge in [-0.25, -0.2) is 0 Å². The molecule has 1 aromatic rings. The van der Waals surface area contributed by atoms with Gasteiger partial charge in [0.15, 0.2) is 11.5 Å². The number of nitrogens with two attached hydrogens (primary N) is 1. The minimum Gasteiger partial charge on any atom is -0.489 e. The van der Waals surface area contributed by atoms with E-state index in [1.165, 1.54) is 0 Å². The molecule has 1 aliphatic heterocycles. The second kappa shape index (κ2) is 4.39. The highest BCUT2D eigenvalue weighted by Gasteiger charge is 2.27. The van der Waals surface area contributed by atoms with Crippen molar-refractivity contribution in [2.75, 3.05) is 13.2 Å². The summed E-state index contributed by atoms with van der Waals surface area (Å²) < 4.78 is 11.5. The van der Waals surface area contributed by atoms with Crippen LogP contribution in [0, 0.1) is 0 Å². The summed E-state index contributed by atoms with van der Waals surface area (Å²) in [6, 6.07) is 1.90. The van der Waals surface area contributed by atoms with Gasteiger partial charge in [-0.05, 0) is 24.8 Å². The van der Waals surface area contributed by atoms with Crippen LogP contribution in [-0.4, -0.2) is 13.2 Å². The number of ether oxygens (including phenoxy) is 2. The first-order chi connectivity index (χ1) is 8.27. The summed E-state index contributed by atoms with van der Waals surface area (Å²) in [6.45, 7) is 1.37. The molecule has 2 N–H and O–H groups in total. The lowest BCUT2D eigenvalue weighted by atomic mass is 9.87. The Kier molecular flexibility index (Phi) is 2.89. The van der Waals surface area contributed by atoms with Crippen LogP contribution in [0.5, 0.6) is 11.5 Å². The third-order valence-corrected chi connectivity index (χ3v) is 3.78. The Balaban J connectivity index is 2.18. The van der Waals surface area contributed by atoms with Gasteiger partial charge in [-0.3, -0.25) is 0 Å². The van der Waals surface area contributed by atoms with E-state index >= 15 is 0 Å². The van der Waals surface area contributed by atoms with Gasteiger partial charge >= 0.3 is 0 Å². The van der Waals surface area contributed by atoms with Gasteiger partial charge in [0.25, 0.3) is 0 Å². The van der Waals surface area contributed by atoms with Crippen LogP contribution in [0.1, 0.15) is 36.4 Å². The first-order valence-corrected chi connectivity index (χ1v) is 6.51. The fourth-order valence-corrected chi connectivity index (χ4v) is 2.92. The molecule has 92 valence electrons. The van der Waals surface area contributed by atoms with Crippen molar-refractivity contribution >= 4 is 11.6 Å². The SMILES string of the molecule is N[C@H]1CCCc2c(Cl)cc3c(c21)OCCCO3. The molecule has 0 saturated carbocycles. The first kappa shape index (κ1) is 11.2. The van der Waals surface area contributed by atoms with Crippen LogP contribution in [0.25, 0.3) is 0 Å². The maximum Gasteiger partial charge on any atom is 0.166 e. The van der Waals surface area contributed by atoms with Gasteiger partial charge in [0.2, 0.25) is 0 Å². The van der Waals surface area contributed by atoms with Crippen LogP contribution in [0.2, 0.25) is 5.02 Å². The van der Waals surface area contributed by atoms with Crippen molar-refractivity contribution in [2.45, 2.75) is 31.7 Å². The molecule has 0 fully saturated rings. The summed E-state index contributed by atoms with van der Waals surface area (Å²) in [5.41, 5.74) is 8.41. The van der Waals surface area contributed by atoms with E-state index < -0.39 is 0 Å². The van der Waals surface area contributed by atoms with Crippen LogP contribution in [-0.2, 0) is 6.42 Å². The van der Waals surface area contributed by atoms with E-state index in [4.69, 9.17) is 26.8 Å². The molecule has 0 bridgehead atoms. The summed E-state index contributed by atoms with van der Waals surface area (Å²) in [4.78, 5) is 0. The molecule has 3 rings (SSSR count). The molecule has 1 atom stereocenters. The molecular formula is C13H16ClNO2. The monoisotopic (exact) mass is 253 g/mol. The summed E-state index contributed by atoms with van der Waals surface area (Å²) in [6.07, 6.45) is 3.96. The zero-order chi connectivity index (χ0) is 11.8. The Morgan fingerprint density at radius 1 is 1.24 bits per heavy atom. The third-order valence-electron chi connectivity index (χ3n) is 3.44. The molecule has 0 radical (unpaired) electrons. The van der Waals surface area contributed by atoms with E-state index in [0.29, 0.717) is 13.2 Å². The van der Waals surface area contributed by atoms with Crippen LogP contribution in [0.3, 0.4) is 0 Å². The molecule has 17 heavy (non-hydrogen) atoms. The van der Waals surface area contributed by atoms with Gasteiger partial charge in [0, 0.05) is 29.1 Å². The highest BCUT2D eigenvalue weighted by molar-refractivity contribution is 6.31. The smallest absolute Gasteiger partial charge is 0.166 e. The summed E-state index contributed by atoms with van der Waals surface area (Å²) in [5.74, 6) is 1.58. The highest BCUT2D eigenvalue weighted by Crippen LogP contribution is 2.45. The standard InChI is InChI=1S/C13H16ClNO2/c14-9-7-11-13(17-6-2-5-16-11)12-8(9)3-1-4-10(12)15/h7,10H,1-6,15H2/t10-/m0/s1. The minimum atomic E-state index is 0.0212. The van der Waals surface area contributed by atoms with Gasteiger partial charge < -0.3 is 15.2 Å². The third kappa shape index (κ3) is 1.87. The Morgan fingerprint density at radius 3 is 2.94 bits per heavy atom. The molecule has 0 spiro atoms. The van der Waals surface area contributed by atoms with Gasteiger partial charge in [0.05, 0.1) is 13.2 Å². The number of fused-ring (bicyclic) bond motifs is 3. The fraction of sp³-hybridized carbons (Fsp3) is 0.538. The van der Waals surface area contributed by atoms with Crippen molar-refractivity contribution < 1.29 is 9.47 Å². The van der Waals surface area contributed by atoms with Crippen molar-refractivity contribution in [3.8, 4) is 11.5 Å². The van der Waals surface area contributed by atoms with Gasteiger partial charge in [-0.15, -0.1) is 0 Å². The maximum atomic E-state index is 6.31. The summed E-state index contributed by atoms with van der Waals surface area (Å²) in [5, 5.41) is 0.763. The van der Waals surface area contributed by atoms with E-state index in [0.717, 1.165) is 53.3 Å². The van der Waals surface area contributed by atoms with Gasteiger partial charge in [0.1, 0.15) is 0 Å². The molecule has 1 aliphatic carbocycles. The summed E-state index contributed by atoms with van der Waals surface area (Å²) >= 11 is 6.31. The normalized spacial score (nSPS) is 22.8. The Morgan fingerprint density at radius 2 is 2.06 bits per heavy atom. The Bertz CT molecular complexity index is 448. The van der Waals surface area contributed by atoms with E-state index in [9.17, 15) is 0 Å². The quantitative estimate of drug-likeness (QED) is 0.773. The average molecular weight is 254 g/mol. The molecule has 3 nitrogen and oxygen atoms in total. The zero-order valence-corrected chi connectivity index (χ0v) is 10.4. The topological polar surface area (TPSA) is 44.5 Å². The van der Waals surface area contributed by atoms with E-state index in [-0.39, 0.29) is 6.04 Å². The van der Waals surface area contributed by atoms with E-state index in [1.54, 1.807) is 0 Å². The highest BCUT2D eigenvalue weighted by atomic mass is 35.5. The van der Waals surface area contributed by atoms with E-state index in [1.807, 2.05) is 6.07 Å². The second-order valence-corrected chi connectivity index (χ2v) is 5.03. The molecule has 0 amide bonds. The van der Waals surface area contributed by atoms with Crippen molar-refractivity contribution in [2.24, 2.45) is 5.73 Å². The number of hydrogen-bond acceptors (Lipinski definition) is 3. The van der Waals surface area contributed by atoms with Crippen molar-refractivity contribution in [3.05, 3.63) is 22.2 Å². The minimum absolute atomic E-state index is 0.0212. The van der Waals surface area contributed by atoms with Crippen LogP contribution in [0.15, 0.2) is 6.07 Å². The predicted octanol–water partition coefficient (Wildman–Crippen LogP) is 2.84. The molecule has 1 heterocycles. The number of benzene rings is 1. The fourth-order valence-electron chi connectivity index (χ4n) is 2.63. The van der Waals surface area contributed by atoms with Crippen LogP contribution in [0.4, 0.5) is 0 Å². The Hall–Kier alpha value is -0.930. The lowest BCUT2D eigenvalue weighted by molar-refractivity contribution is 0.295. The largest absolute Gasteiger partial charge is 0.489 e. The van der Waals surface area contributed by atoms with Gasteiger partial charge in [-0.1, -0.05) is 11.6 Å². The van der Waals surface area contributed by atoms with Crippen molar-refractivity contribution in [1.29, 1.82) is 0 Å². The first-order valence-electron chi connectivity index (χ1n) is 6.14. The van der Waals surface area contributed by atoms with Gasteiger partial charge in [-0.2, -0.15) is 0 Å². The second-order valence-electron chi connectivity index (χ2n) is 4.63. The van der Waals surface area contributed by atoms with E-state index in [2.05, 4.69) is 0 Å². The molecule has 4 heteroatoms. The zero-order valence-electron chi connectivity index (χ0n) is 9.67. The number of hydrogen-bond donors (Lipinski definition) is 1.